The number of hydrogen-bond acceptors (Lipinski definition) is 4. The SMILES string of the molecule is CCCCCCCCCCOC(=O)C(NC1CC1)c1ccccn1. The number of ether oxygens (including phenoxy) is 1. The summed E-state index contributed by atoms with van der Waals surface area (Å²) in [5.74, 6) is -0.191. The van der Waals surface area contributed by atoms with Gasteiger partial charge >= 0.3 is 5.97 Å². The molecule has 0 aromatic carbocycles. The van der Waals surface area contributed by atoms with Crippen LogP contribution >= 0.6 is 0 Å². The van der Waals surface area contributed by atoms with Crippen LogP contribution in [0.15, 0.2) is 24.4 Å². The second-order valence-corrected chi connectivity index (χ2v) is 6.77. The summed E-state index contributed by atoms with van der Waals surface area (Å²) < 4.78 is 5.49. The van der Waals surface area contributed by atoms with Gasteiger partial charge in [0, 0.05) is 12.2 Å². The van der Waals surface area contributed by atoms with E-state index >= 15 is 0 Å². The van der Waals surface area contributed by atoms with Crippen LogP contribution in [0.4, 0.5) is 0 Å². The van der Waals surface area contributed by atoms with Crippen molar-refractivity contribution in [3.8, 4) is 0 Å². The van der Waals surface area contributed by atoms with E-state index in [9.17, 15) is 4.79 Å². The van der Waals surface area contributed by atoms with Gasteiger partial charge in [-0.1, -0.05) is 57.9 Å². The van der Waals surface area contributed by atoms with E-state index in [0.29, 0.717) is 12.6 Å². The number of nitrogens with one attached hydrogen (secondary N) is 1. The van der Waals surface area contributed by atoms with E-state index in [4.69, 9.17) is 4.74 Å². The van der Waals surface area contributed by atoms with Crippen LogP contribution in [0, 0.1) is 0 Å². The van der Waals surface area contributed by atoms with Gasteiger partial charge in [-0.15, -0.1) is 0 Å². The third-order valence-corrected chi connectivity index (χ3v) is 4.44. The lowest BCUT2D eigenvalue weighted by Crippen LogP contribution is -2.32. The van der Waals surface area contributed by atoms with Gasteiger partial charge in [0.1, 0.15) is 6.04 Å². The monoisotopic (exact) mass is 332 g/mol. The molecule has 2 rings (SSSR count). The van der Waals surface area contributed by atoms with E-state index in [1.807, 2.05) is 18.2 Å². The molecule has 0 saturated heterocycles. The molecule has 0 radical (unpaired) electrons. The van der Waals surface area contributed by atoms with Crippen LogP contribution in [0.5, 0.6) is 0 Å². The second-order valence-electron chi connectivity index (χ2n) is 6.77. The summed E-state index contributed by atoms with van der Waals surface area (Å²) in [4.78, 5) is 16.7. The van der Waals surface area contributed by atoms with Gasteiger partial charge in [-0.05, 0) is 31.4 Å². The van der Waals surface area contributed by atoms with Crippen LogP contribution in [0.3, 0.4) is 0 Å². The van der Waals surface area contributed by atoms with Crippen LogP contribution in [-0.2, 0) is 9.53 Å². The Labute approximate surface area is 146 Å². The highest BCUT2D eigenvalue weighted by Crippen LogP contribution is 2.24. The number of nitrogens with zero attached hydrogens (tertiary/aromatic N) is 1. The van der Waals surface area contributed by atoms with Crippen molar-refractivity contribution in [2.75, 3.05) is 6.61 Å². The molecule has 1 aliphatic carbocycles. The van der Waals surface area contributed by atoms with Crippen molar-refractivity contribution in [1.29, 1.82) is 0 Å². The van der Waals surface area contributed by atoms with Crippen molar-refractivity contribution in [2.45, 2.75) is 83.2 Å². The summed E-state index contributed by atoms with van der Waals surface area (Å²) in [5.41, 5.74) is 0.755. The normalized spacial score (nSPS) is 15.2. The lowest BCUT2D eigenvalue weighted by atomic mass is 10.1. The molecule has 1 N–H and O–H groups in total. The first kappa shape index (κ1) is 18.9. The molecule has 1 aromatic heterocycles. The Morgan fingerprint density at radius 3 is 2.50 bits per heavy atom. The van der Waals surface area contributed by atoms with Gasteiger partial charge in [0.05, 0.1) is 12.3 Å². The van der Waals surface area contributed by atoms with Crippen LogP contribution in [0.2, 0.25) is 0 Å². The Morgan fingerprint density at radius 1 is 1.17 bits per heavy atom. The van der Waals surface area contributed by atoms with Gasteiger partial charge in [0.2, 0.25) is 0 Å². The molecule has 134 valence electrons. The molecule has 1 unspecified atom stereocenters. The van der Waals surface area contributed by atoms with Gasteiger partial charge in [-0.3, -0.25) is 10.3 Å². The van der Waals surface area contributed by atoms with Crippen LogP contribution in [0.1, 0.15) is 82.9 Å². The van der Waals surface area contributed by atoms with Crippen LogP contribution in [-0.4, -0.2) is 23.6 Å². The third kappa shape index (κ3) is 7.43. The minimum absolute atomic E-state index is 0.191. The number of esters is 1. The van der Waals surface area contributed by atoms with Crippen molar-refractivity contribution < 1.29 is 9.53 Å². The fourth-order valence-corrected chi connectivity index (χ4v) is 2.80. The van der Waals surface area contributed by atoms with E-state index in [0.717, 1.165) is 31.4 Å². The molecule has 0 spiro atoms. The predicted octanol–water partition coefficient (Wildman–Crippen LogP) is 4.56. The molecular formula is C20H32N2O2. The molecule has 1 aromatic rings. The first-order valence-corrected chi connectivity index (χ1v) is 9.65. The summed E-state index contributed by atoms with van der Waals surface area (Å²) in [6.07, 6.45) is 14.0. The topological polar surface area (TPSA) is 51.2 Å². The number of rotatable bonds is 13. The Balaban J connectivity index is 1.62. The molecular weight excluding hydrogens is 300 g/mol. The molecule has 24 heavy (non-hydrogen) atoms. The highest BCUT2D eigenvalue weighted by molar-refractivity contribution is 5.77. The molecule has 1 fully saturated rings. The average molecular weight is 332 g/mol. The standard InChI is InChI=1S/C20H32N2O2/c1-2-3-4-5-6-7-8-11-16-24-20(23)19(22-17-13-14-17)18-12-9-10-15-21-18/h9-10,12,15,17,19,22H,2-8,11,13-14,16H2,1H3. The molecule has 1 aliphatic rings. The lowest BCUT2D eigenvalue weighted by molar-refractivity contribution is -0.146. The number of carbonyl (C=O) groups is 1. The summed E-state index contributed by atoms with van der Waals surface area (Å²) in [6, 6.07) is 5.68. The van der Waals surface area contributed by atoms with E-state index in [-0.39, 0.29) is 5.97 Å². The minimum atomic E-state index is -0.423. The van der Waals surface area contributed by atoms with Gasteiger partial charge in [-0.2, -0.15) is 0 Å². The van der Waals surface area contributed by atoms with Crippen molar-refractivity contribution in [3.05, 3.63) is 30.1 Å². The highest BCUT2D eigenvalue weighted by atomic mass is 16.5. The fraction of sp³-hybridized carbons (Fsp3) is 0.700. The molecule has 1 atom stereocenters. The Morgan fingerprint density at radius 2 is 1.88 bits per heavy atom. The van der Waals surface area contributed by atoms with E-state index in [2.05, 4.69) is 17.2 Å². The third-order valence-electron chi connectivity index (χ3n) is 4.44. The van der Waals surface area contributed by atoms with E-state index in [1.54, 1.807) is 6.20 Å². The molecule has 1 heterocycles. The molecule has 4 heteroatoms. The number of pyridine rings is 1. The predicted molar refractivity (Wildman–Crippen MR) is 96.7 cm³/mol. The lowest BCUT2D eigenvalue weighted by Gasteiger charge is -2.17. The maximum Gasteiger partial charge on any atom is 0.329 e. The molecule has 0 bridgehead atoms. The number of aromatic nitrogens is 1. The number of unbranched alkanes of at least 4 members (excludes halogenated alkanes) is 7. The van der Waals surface area contributed by atoms with Gasteiger partial charge < -0.3 is 4.74 Å². The average Bonchev–Trinajstić information content (AvgIpc) is 3.43. The number of carbonyl (C=O) groups excluding carboxylic acids is 1. The summed E-state index contributed by atoms with van der Waals surface area (Å²) in [6.45, 7) is 2.76. The minimum Gasteiger partial charge on any atom is -0.464 e. The summed E-state index contributed by atoms with van der Waals surface area (Å²) in [7, 11) is 0. The molecule has 4 nitrogen and oxygen atoms in total. The van der Waals surface area contributed by atoms with Crippen molar-refractivity contribution in [3.63, 3.8) is 0 Å². The maximum atomic E-state index is 12.4. The molecule has 0 amide bonds. The van der Waals surface area contributed by atoms with Crippen LogP contribution in [0.25, 0.3) is 0 Å². The smallest absolute Gasteiger partial charge is 0.329 e. The first-order chi connectivity index (χ1) is 11.8. The van der Waals surface area contributed by atoms with E-state index < -0.39 is 6.04 Å². The van der Waals surface area contributed by atoms with Crippen molar-refractivity contribution in [1.82, 2.24) is 10.3 Å². The van der Waals surface area contributed by atoms with Gasteiger partial charge in [0.25, 0.3) is 0 Å². The summed E-state index contributed by atoms with van der Waals surface area (Å²) >= 11 is 0. The zero-order valence-electron chi connectivity index (χ0n) is 15.0. The summed E-state index contributed by atoms with van der Waals surface area (Å²) in [5, 5.41) is 3.35. The number of hydrogen-bond donors (Lipinski definition) is 1. The molecule has 0 aliphatic heterocycles. The van der Waals surface area contributed by atoms with Crippen molar-refractivity contribution in [2.24, 2.45) is 0 Å². The van der Waals surface area contributed by atoms with Gasteiger partial charge in [0.15, 0.2) is 0 Å². The van der Waals surface area contributed by atoms with E-state index in [1.165, 1.54) is 38.5 Å². The largest absolute Gasteiger partial charge is 0.464 e. The zero-order chi connectivity index (χ0) is 17.0. The Bertz CT molecular complexity index is 460. The van der Waals surface area contributed by atoms with Gasteiger partial charge in [-0.25, -0.2) is 4.79 Å². The first-order valence-electron chi connectivity index (χ1n) is 9.65. The zero-order valence-corrected chi connectivity index (χ0v) is 15.0. The Hall–Kier alpha value is -1.42. The Kier molecular flexibility index (Phi) is 8.82. The highest BCUT2D eigenvalue weighted by Gasteiger charge is 2.31. The van der Waals surface area contributed by atoms with Crippen LogP contribution < -0.4 is 5.32 Å². The quantitative estimate of drug-likeness (QED) is 0.425. The molecule has 1 saturated carbocycles. The maximum absolute atomic E-state index is 12.4. The second kappa shape index (κ2) is 11.2. The van der Waals surface area contributed by atoms with Crippen molar-refractivity contribution >= 4 is 5.97 Å². The fourth-order valence-electron chi connectivity index (χ4n) is 2.80.